The van der Waals surface area contributed by atoms with Crippen molar-refractivity contribution in [2.75, 3.05) is 0 Å². The van der Waals surface area contributed by atoms with Crippen LogP contribution < -0.4 is 4.74 Å². The van der Waals surface area contributed by atoms with Gasteiger partial charge in [0, 0.05) is 17.1 Å². The molecule has 0 radical (unpaired) electrons. The molecule has 1 aliphatic carbocycles. The molecular weight excluding hydrogens is 232 g/mol. The zero-order valence-corrected chi connectivity index (χ0v) is 12.2. The van der Waals surface area contributed by atoms with Crippen molar-refractivity contribution >= 4 is 5.57 Å². The SMILES string of the molecule is CC1C=CC=C2c3ccc(CC(C)(C)C)cc3OC21. The Morgan fingerprint density at radius 1 is 1.21 bits per heavy atom. The highest BCUT2D eigenvalue weighted by atomic mass is 16.5. The van der Waals surface area contributed by atoms with Gasteiger partial charge in [0.2, 0.25) is 0 Å². The highest BCUT2D eigenvalue weighted by molar-refractivity contribution is 5.79. The summed E-state index contributed by atoms with van der Waals surface area (Å²) in [5.74, 6) is 1.52. The number of benzene rings is 1. The van der Waals surface area contributed by atoms with Crippen molar-refractivity contribution in [3.63, 3.8) is 0 Å². The first-order chi connectivity index (χ1) is 8.94. The Morgan fingerprint density at radius 2 is 2.00 bits per heavy atom. The fourth-order valence-electron chi connectivity index (χ4n) is 2.99. The van der Waals surface area contributed by atoms with Gasteiger partial charge in [-0.1, -0.05) is 58.1 Å². The molecule has 2 aliphatic rings. The van der Waals surface area contributed by atoms with Crippen molar-refractivity contribution < 1.29 is 4.74 Å². The summed E-state index contributed by atoms with van der Waals surface area (Å²) in [6.07, 6.45) is 7.86. The molecule has 0 saturated heterocycles. The molecule has 0 N–H and O–H groups in total. The van der Waals surface area contributed by atoms with Crippen molar-refractivity contribution in [2.45, 2.75) is 40.2 Å². The van der Waals surface area contributed by atoms with Gasteiger partial charge in [-0.25, -0.2) is 0 Å². The standard InChI is InChI=1S/C18H22O/c1-12-6-5-7-15-14-9-8-13(11-18(2,3)4)10-16(14)19-17(12)15/h5-10,12,17H,11H2,1-4H3. The van der Waals surface area contributed by atoms with Crippen LogP contribution in [0.1, 0.15) is 38.8 Å². The third-order valence-electron chi connectivity index (χ3n) is 3.82. The van der Waals surface area contributed by atoms with Crippen LogP contribution in [-0.2, 0) is 6.42 Å². The predicted octanol–water partition coefficient (Wildman–Crippen LogP) is 4.63. The predicted molar refractivity (Wildman–Crippen MR) is 80.3 cm³/mol. The number of hydrogen-bond acceptors (Lipinski definition) is 1. The van der Waals surface area contributed by atoms with Gasteiger partial charge in [0.25, 0.3) is 0 Å². The maximum Gasteiger partial charge on any atom is 0.130 e. The van der Waals surface area contributed by atoms with E-state index in [4.69, 9.17) is 4.74 Å². The van der Waals surface area contributed by atoms with Crippen LogP contribution in [0.25, 0.3) is 5.57 Å². The lowest BCUT2D eigenvalue weighted by Crippen LogP contribution is -2.21. The van der Waals surface area contributed by atoms with E-state index in [1.54, 1.807) is 0 Å². The molecule has 19 heavy (non-hydrogen) atoms. The van der Waals surface area contributed by atoms with Crippen LogP contribution in [0.3, 0.4) is 0 Å². The van der Waals surface area contributed by atoms with E-state index in [0.717, 1.165) is 12.2 Å². The average Bonchev–Trinajstić information content (AvgIpc) is 2.66. The molecule has 0 saturated carbocycles. The van der Waals surface area contributed by atoms with Gasteiger partial charge in [0.05, 0.1) is 0 Å². The van der Waals surface area contributed by atoms with Crippen LogP contribution >= 0.6 is 0 Å². The topological polar surface area (TPSA) is 9.23 Å². The molecule has 0 bridgehead atoms. The maximum absolute atomic E-state index is 6.16. The zero-order valence-electron chi connectivity index (χ0n) is 12.2. The molecule has 0 spiro atoms. The van der Waals surface area contributed by atoms with Crippen LogP contribution in [0.2, 0.25) is 0 Å². The van der Waals surface area contributed by atoms with Gasteiger partial charge in [-0.2, -0.15) is 0 Å². The second kappa shape index (κ2) is 4.26. The van der Waals surface area contributed by atoms with Gasteiger partial charge in [-0.05, 0) is 23.5 Å². The molecule has 1 heterocycles. The van der Waals surface area contributed by atoms with Crippen LogP contribution in [0.15, 0.2) is 36.4 Å². The molecule has 0 aromatic heterocycles. The fourth-order valence-corrected chi connectivity index (χ4v) is 2.99. The Balaban J connectivity index is 1.94. The monoisotopic (exact) mass is 254 g/mol. The number of rotatable bonds is 1. The van der Waals surface area contributed by atoms with Gasteiger partial charge in [-0.15, -0.1) is 0 Å². The van der Waals surface area contributed by atoms with Gasteiger partial charge >= 0.3 is 0 Å². The van der Waals surface area contributed by atoms with E-state index >= 15 is 0 Å². The molecule has 1 aromatic rings. The minimum absolute atomic E-state index is 0.213. The van der Waals surface area contributed by atoms with E-state index in [1.807, 2.05) is 0 Å². The van der Waals surface area contributed by atoms with Crippen molar-refractivity contribution in [3.05, 3.63) is 47.6 Å². The third-order valence-corrected chi connectivity index (χ3v) is 3.82. The molecule has 1 aromatic carbocycles. The number of fused-ring (bicyclic) bond motifs is 3. The first-order valence-electron chi connectivity index (χ1n) is 7.12. The van der Waals surface area contributed by atoms with E-state index in [-0.39, 0.29) is 6.10 Å². The van der Waals surface area contributed by atoms with Crippen molar-refractivity contribution in [1.82, 2.24) is 0 Å². The smallest absolute Gasteiger partial charge is 0.130 e. The molecule has 2 atom stereocenters. The molecule has 3 rings (SSSR count). The van der Waals surface area contributed by atoms with Gasteiger partial charge in [0.15, 0.2) is 0 Å². The molecule has 1 heteroatoms. The number of hydrogen-bond donors (Lipinski definition) is 0. The molecule has 0 amide bonds. The lowest BCUT2D eigenvalue weighted by atomic mass is 9.86. The normalized spacial score (nSPS) is 24.5. The zero-order chi connectivity index (χ0) is 13.6. The second-order valence-corrected chi connectivity index (χ2v) is 6.97. The Hall–Kier alpha value is -1.50. The largest absolute Gasteiger partial charge is 0.484 e. The first-order valence-corrected chi connectivity index (χ1v) is 7.12. The highest BCUT2D eigenvalue weighted by Crippen LogP contribution is 2.43. The third kappa shape index (κ3) is 2.34. The second-order valence-electron chi connectivity index (χ2n) is 6.97. The van der Waals surface area contributed by atoms with Gasteiger partial charge < -0.3 is 4.74 Å². The van der Waals surface area contributed by atoms with E-state index in [9.17, 15) is 0 Å². The van der Waals surface area contributed by atoms with Crippen LogP contribution in [0.5, 0.6) is 5.75 Å². The molecule has 1 nitrogen and oxygen atoms in total. The quantitative estimate of drug-likeness (QED) is 0.710. The molecule has 100 valence electrons. The Labute approximate surface area is 116 Å². The van der Waals surface area contributed by atoms with Gasteiger partial charge in [0.1, 0.15) is 11.9 Å². The summed E-state index contributed by atoms with van der Waals surface area (Å²) in [7, 11) is 0. The lowest BCUT2D eigenvalue weighted by Gasteiger charge is -2.20. The van der Waals surface area contributed by atoms with E-state index in [1.165, 1.54) is 16.7 Å². The summed E-state index contributed by atoms with van der Waals surface area (Å²) < 4.78 is 6.16. The molecule has 0 fully saturated rings. The molecule has 2 unspecified atom stereocenters. The highest BCUT2D eigenvalue weighted by Gasteiger charge is 2.33. The Kier molecular flexibility index (Phi) is 2.81. The van der Waals surface area contributed by atoms with Crippen molar-refractivity contribution in [1.29, 1.82) is 0 Å². The van der Waals surface area contributed by atoms with Crippen LogP contribution in [0.4, 0.5) is 0 Å². The summed E-state index contributed by atoms with van der Waals surface area (Å²) >= 11 is 0. The summed E-state index contributed by atoms with van der Waals surface area (Å²) in [5, 5.41) is 0. The first kappa shape index (κ1) is 12.5. The van der Waals surface area contributed by atoms with E-state index in [2.05, 4.69) is 64.1 Å². The number of allylic oxidation sites excluding steroid dienone is 2. The fraction of sp³-hybridized carbons (Fsp3) is 0.444. The Bertz CT molecular complexity index is 558. The van der Waals surface area contributed by atoms with Crippen molar-refractivity contribution in [2.24, 2.45) is 11.3 Å². The summed E-state index contributed by atoms with van der Waals surface area (Å²) in [4.78, 5) is 0. The van der Waals surface area contributed by atoms with E-state index in [0.29, 0.717) is 11.3 Å². The Morgan fingerprint density at radius 3 is 2.74 bits per heavy atom. The number of ether oxygens (including phenoxy) is 1. The van der Waals surface area contributed by atoms with Crippen molar-refractivity contribution in [3.8, 4) is 5.75 Å². The molecule has 1 aliphatic heterocycles. The summed E-state index contributed by atoms with van der Waals surface area (Å²) in [6, 6.07) is 6.71. The lowest BCUT2D eigenvalue weighted by molar-refractivity contribution is 0.235. The summed E-state index contributed by atoms with van der Waals surface area (Å²) in [5.41, 5.74) is 4.30. The van der Waals surface area contributed by atoms with E-state index < -0.39 is 0 Å². The van der Waals surface area contributed by atoms with Crippen LogP contribution in [-0.4, -0.2) is 6.10 Å². The maximum atomic E-state index is 6.16. The average molecular weight is 254 g/mol. The minimum Gasteiger partial charge on any atom is -0.484 e. The summed E-state index contributed by atoms with van der Waals surface area (Å²) in [6.45, 7) is 9.04. The van der Waals surface area contributed by atoms with Gasteiger partial charge in [-0.3, -0.25) is 0 Å². The molecular formula is C18H22O. The van der Waals surface area contributed by atoms with Crippen LogP contribution in [0, 0.1) is 11.3 Å². The minimum atomic E-state index is 0.213.